The Kier molecular flexibility index (Phi) is 8.01. The predicted octanol–water partition coefficient (Wildman–Crippen LogP) is 3.11. The minimum Gasteiger partial charge on any atom is -0.352 e. The van der Waals surface area contributed by atoms with E-state index in [0.29, 0.717) is 43.2 Å². The van der Waals surface area contributed by atoms with E-state index < -0.39 is 10.0 Å². The van der Waals surface area contributed by atoms with Gasteiger partial charge in [0.05, 0.1) is 4.90 Å². The van der Waals surface area contributed by atoms with E-state index in [1.54, 1.807) is 28.6 Å². The van der Waals surface area contributed by atoms with E-state index in [1.165, 1.54) is 0 Å². The molecule has 1 amide bonds. The molecule has 0 unspecified atom stereocenters. The number of amides is 1. The van der Waals surface area contributed by atoms with E-state index in [-0.39, 0.29) is 5.91 Å². The molecule has 1 N–H and O–H groups in total. The molecule has 3 rings (SSSR count). The highest BCUT2D eigenvalue weighted by atomic mass is 32.2. The predicted molar refractivity (Wildman–Crippen MR) is 119 cm³/mol. The monoisotopic (exact) mass is 429 g/mol. The first-order valence-electron chi connectivity index (χ1n) is 10.7. The SMILES string of the molecule is CCCCCNC(=O)c1ccc(CN2CCN(S(=O)(=O)c3ccccc3)CC2)cc1. The van der Waals surface area contributed by atoms with Crippen molar-refractivity contribution in [2.75, 3.05) is 32.7 Å². The summed E-state index contributed by atoms with van der Waals surface area (Å²) in [4.78, 5) is 14.8. The van der Waals surface area contributed by atoms with Gasteiger partial charge in [0.25, 0.3) is 5.91 Å². The average Bonchev–Trinajstić information content (AvgIpc) is 2.78. The van der Waals surface area contributed by atoms with Crippen LogP contribution in [0.4, 0.5) is 0 Å². The second-order valence-electron chi connectivity index (χ2n) is 7.65. The number of benzene rings is 2. The number of hydrogen-bond acceptors (Lipinski definition) is 4. The van der Waals surface area contributed by atoms with Gasteiger partial charge in [-0.25, -0.2) is 8.42 Å². The second kappa shape index (κ2) is 10.7. The van der Waals surface area contributed by atoms with E-state index in [4.69, 9.17) is 0 Å². The second-order valence-corrected chi connectivity index (χ2v) is 9.59. The summed E-state index contributed by atoms with van der Waals surface area (Å²) in [5, 5.41) is 2.96. The van der Waals surface area contributed by atoms with Gasteiger partial charge in [-0.3, -0.25) is 9.69 Å². The van der Waals surface area contributed by atoms with E-state index in [1.807, 2.05) is 30.3 Å². The summed E-state index contributed by atoms with van der Waals surface area (Å²) in [6.45, 7) is 5.94. The number of nitrogens with zero attached hydrogens (tertiary/aromatic N) is 2. The molecule has 2 aromatic carbocycles. The molecule has 1 heterocycles. The zero-order valence-corrected chi connectivity index (χ0v) is 18.4. The van der Waals surface area contributed by atoms with Crippen molar-refractivity contribution in [2.24, 2.45) is 0 Å². The summed E-state index contributed by atoms with van der Waals surface area (Å²) in [6, 6.07) is 16.3. The van der Waals surface area contributed by atoms with Gasteiger partial charge in [-0.15, -0.1) is 0 Å². The normalized spacial score (nSPS) is 15.8. The van der Waals surface area contributed by atoms with Crippen LogP contribution in [0, 0.1) is 0 Å². The zero-order chi connectivity index (χ0) is 21.4. The van der Waals surface area contributed by atoms with Crippen LogP contribution in [0.2, 0.25) is 0 Å². The van der Waals surface area contributed by atoms with Crippen molar-refractivity contribution in [1.82, 2.24) is 14.5 Å². The Morgan fingerprint density at radius 2 is 1.60 bits per heavy atom. The van der Waals surface area contributed by atoms with Crippen LogP contribution in [-0.2, 0) is 16.6 Å². The van der Waals surface area contributed by atoms with E-state index >= 15 is 0 Å². The number of nitrogens with one attached hydrogen (secondary N) is 1. The number of hydrogen-bond donors (Lipinski definition) is 1. The molecular formula is C23H31N3O3S. The lowest BCUT2D eigenvalue weighted by Gasteiger charge is -2.34. The molecule has 1 aliphatic rings. The molecule has 0 radical (unpaired) electrons. The van der Waals surface area contributed by atoms with Crippen molar-refractivity contribution in [3.8, 4) is 0 Å². The standard InChI is InChI=1S/C23H31N3O3S/c1-2-3-7-14-24-23(27)21-12-10-20(11-13-21)19-25-15-17-26(18-16-25)30(28,29)22-8-5-4-6-9-22/h4-6,8-13H,2-3,7,14-19H2,1H3,(H,24,27). The fraction of sp³-hybridized carbons (Fsp3) is 0.435. The van der Waals surface area contributed by atoms with Crippen molar-refractivity contribution < 1.29 is 13.2 Å². The van der Waals surface area contributed by atoms with E-state index in [0.717, 1.165) is 31.4 Å². The van der Waals surface area contributed by atoms with Crippen molar-refractivity contribution >= 4 is 15.9 Å². The van der Waals surface area contributed by atoms with E-state index in [2.05, 4.69) is 17.1 Å². The molecule has 0 bridgehead atoms. The Balaban J connectivity index is 1.48. The quantitative estimate of drug-likeness (QED) is 0.622. The van der Waals surface area contributed by atoms with Crippen molar-refractivity contribution in [1.29, 1.82) is 0 Å². The number of piperazine rings is 1. The largest absolute Gasteiger partial charge is 0.352 e. The maximum atomic E-state index is 12.7. The molecule has 2 aromatic rings. The third-order valence-corrected chi connectivity index (χ3v) is 7.31. The first kappa shape index (κ1) is 22.5. The van der Waals surface area contributed by atoms with Gasteiger partial charge in [0.15, 0.2) is 0 Å². The van der Waals surface area contributed by atoms with Crippen LogP contribution in [-0.4, -0.2) is 56.3 Å². The lowest BCUT2D eigenvalue weighted by atomic mass is 10.1. The van der Waals surface area contributed by atoms with Crippen LogP contribution < -0.4 is 5.32 Å². The number of sulfonamides is 1. The molecule has 30 heavy (non-hydrogen) atoms. The Morgan fingerprint density at radius 1 is 0.933 bits per heavy atom. The Hall–Kier alpha value is -2.22. The van der Waals surface area contributed by atoms with Crippen LogP contribution in [0.3, 0.4) is 0 Å². The molecule has 1 saturated heterocycles. The maximum absolute atomic E-state index is 12.7. The van der Waals surface area contributed by atoms with Gasteiger partial charge in [-0.2, -0.15) is 4.31 Å². The highest BCUT2D eigenvalue weighted by molar-refractivity contribution is 7.89. The highest BCUT2D eigenvalue weighted by Gasteiger charge is 2.28. The van der Waals surface area contributed by atoms with E-state index in [9.17, 15) is 13.2 Å². The van der Waals surface area contributed by atoms with Gasteiger partial charge in [0, 0.05) is 44.8 Å². The van der Waals surface area contributed by atoms with Gasteiger partial charge < -0.3 is 5.32 Å². The first-order chi connectivity index (χ1) is 14.5. The Labute approximate surface area is 179 Å². The summed E-state index contributed by atoms with van der Waals surface area (Å²) < 4.78 is 27.0. The Morgan fingerprint density at radius 3 is 2.23 bits per heavy atom. The van der Waals surface area contributed by atoms with Crippen LogP contribution in [0.25, 0.3) is 0 Å². The minimum absolute atomic E-state index is 0.0302. The minimum atomic E-state index is -3.42. The molecule has 1 fully saturated rings. The van der Waals surface area contributed by atoms with Crippen molar-refractivity contribution in [3.63, 3.8) is 0 Å². The molecule has 6 nitrogen and oxygen atoms in total. The Bertz CT molecular complexity index is 906. The highest BCUT2D eigenvalue weighted by Crippen LogP contribution is 2.18. The molecule has 0 atom stereocenters. The maximum Gasteiger partial charge on any atom is 0.251 e. The first-order valence-corrected chi connectivity index (χ1v) is 12.1. The van der Waals surface area contributed by atoms with Gasteiger partial charge in [0.1, 0.15) is 0 Å². The number of carbonyl (C=O) groups is 1. The number of carbonyl (C=O) groups excluding carboxylic acids is 1. The number of rotatable bonds is 9. The molecular weight excluding hydrogens is 398 g/mol. The van der Waals surface area contributed by atoms with Gasteiger partial charge in [-0.1, -0.05) is 50.1 Å². The van der Waals surface area contributed by atoms with Crippen molar-refractivity contribution in [2.45, 2.75) is 37.6 Å². The molecule has 0 aromatic heterocycles. The van der Waals surface area contributed by atoms with Crippen molar-refractivity contribution in [3.05, 3.63) is 65.7 Å². The molecule has 1 aliphatic heterocycles. The summed E-state index contributed by atoms with van der Waals surface area (Å²) in [5.74, 6) is -0.0302. The summed E-state index contributed by atoms with van der Waals surface area (Å²) in [6.07, 6.45) is 3.27. The number of unbranched alkanes of at least 4 members (excludes halogenated alkanes) is 2. The van der Waals surface area contributed by atoms with Crippen LogP contribution in [0.5, 0.6) is 0 Å². The van der Waals surface area contributed by atoms with Crippen LogP contribution >= 0.6 is 0 Å². The molecule has 7 heteroatoms. The fourth-order valence-electron chi connectivity index (χ4n) is 3.57. The topological polar surface area (TPSA) is 69.7 Å². The van der Waals surface area contributed by atoms with Crippen LogP contribution in [0.15, 0.2) is 59.5 Å². The lowest BCUT2D eigenvalue weighted by molar-refractivity contribution is 0.0953. The smallest absolute Gasteiger partial charge is 0.251 e. The third kappa shape index (κ3) is 5.90. The molecule has 0 saturated carbocycles. The fourth-order valence-corrected chi connectivity index (χ4v) is 5.01. The summed E-state index contributed by atoms with van der Waals surface area (Å²) in [7, 11) is -3.42. The third-order valence-electron chi connectivity index (χ3n) is 5.40. The molecule has 0 aliphatic carbocycles. The molecule has 0 spiro atoms. The van der Waals surface area contributed by atoms with Gasteiger partial charge in [-0.05, 0) is 36.2 Å². The zero-order valence-electron chi connectivity index (χ0n) is 17.6. The van der Waals surface area contributed by atoms with Gasteiger partial charge in [0.2, 0.25) is 10.0 Å². The summed E-state index contributed by atoms with van der Waals surface area (Å²) >= 11 is 0. The van der Waals surface area contributed by atoms with Gasteiger partial charge >= 0.3 is 0 Å². The lowest BCUT2D eigenvalue weighted by Crippen LogP contribution is -2.48. The van der Waals surface area contributed by atoms with Crippen LogP contribution in [0.1, 0.15) is 42.1 Å². The molecule has 162 valence electrons. The average molecular weight is 430 g/mol. The summed E-state index contributed by atoms with van der Waals surface area (Å²) in [5.41, 5.74) is 1.80.